The average Bonchev–Trinajstić information content (AvgIpc) is 2.85. The fraction of sp³-hybridized carbons (Fsp3) is 0.357. The molecular weight excluding hydrogens is 376 g/mol. The smallest absolute Gasteiger partial charge is 0.106 e. The second kappa shape index (κ2) is 8.19. The van der Waals surface area contributed by atoms with E-state index in [1.165, 1.54) is 0 Å². The predicted octanol–water partition coefficient (Wildman–Crippen LogP) is 3.77. The van der Waals surface area contributed by atoms with Crippen molar-refractivity contribution in [3.05, 3.63) is 45.7 Å². The van der Waals surface area contributed by atoms with Crippen LogP contribution in [0.3, 0.4) is 0 Å². The van der Waals surface area contributed by atoms with Crippen LogP contribution in [0.1, 0.15) is 11.8 Å². The van der Waals surface area contributed by atoms with Crippen LogP contribution in [0, 0.1) is 0 Å². The number of aliphatic hydroxyl groups excluding tert-OH is 1. The first kappa shape index (κ1) is 16.8. The van der Waals surface area contributed by atoms with Crippen molar-refractivity contribution in [1.82, 2.24) is 9.78 Å². The Bertz CT molecular complexity index is 594. The predicted molar refractivity (Wildman–Crippen MR) is 88.9 cm³/mol. The topological polar surface area (TPSA) is 47.3 Å². The van der Waals surface area contributed by atoms with Gasteiger partial charge >= 0.3 is 0 Å². The van der Waals surface area contributed by atoms with Gasteiger partial charge in [-0.15, -0.1) is 11.8 Å². The molecule has 1 aromatic heterocycles. The van der Waals surface area contributed by atoms with E-state index < -0.39 is 6.10 Å². The van der Waals surface area contributed by atoms with Gasteiger partial charge in [0.25, 0.3) is 0 Å². The molecule has 0 amide bonds. The van der Waals surface area contributed by atoms with E-state index in [-0.39, 0.29) is 0 Å². The van der Waals surface area contributed by atoms with E-state index in [0.29, 0.717) is 29.6 Å². The quantitative estimate of drug-likeness (QED) is 0.730. The third-order valence-electron chi connectivity index (χ3n) is 2.89. The Morgan fingerprint density at radius 2 is 2.24 bits per heavy atom. The van der Waals surface area contributed by atoms with Gasteiger partial charge in [-0.25, -0.2) is 0 Å². The van der Waals surface area contributed by atoms with E-state index in [1.54, 1.807) is 29.8 Å². The lowest BCUT2D eigenvalue weighted by atomic mass is 10.3. The van der Waals surface area contributed by atoms with Gasteiger partial charge in [0.05, 0.1) is 30.1 Å². The molecule has 0 bridgehead atoms. The highest BCUT2D eigenvalue weighted by atomic mass is 79.9. The molecule has 1 N–H and O–H groups in total. The second-order valence-electron chi connectivity index (χ2n) is 4.35. The van der Waals surface area contributed by atoms with Gasteiger partial charge in [-0.05, 0) is 28.1 Å². The molecule has 1 unspecified atom stereocenters. The van der Waals surface area contributed by atoms with Gasteiger partial charge in [-0.3, -0.25) is 4.68 Å². The number of hydrogen-bond acceptors (Lipinski definition) is 4. The van der Waals surface area contributed by atoms with Crippen molar-refractivity contribution < 1.29 is 9.84 Å². The zero-order valence-corrected chi connectivity index (χ0v) is 14.7. The van der Waals surface area contributed by atoms with Crippen molar-refractivity contribution in [3.63, 3.8) is 0 Å². The first-order chi connectivity index (χ1) is 10.1. The number of aliphatic hydroxyl groups is 1. The SMILES string of the molecule is COCCn1ncc(Cl)c1C(O)CSc1ccccc1Br. The summed E-state index contributed by atoms with van der Waals surface area (Å²) < 4.78 is 7.74. The molecule has 1 aromatic carbocycles. The molecule has 0 saturated carbocycles. The van der Waals surface area contributed by atoms with Gasteiger partial charge in [-0.2, -0.15) is 5.10 Å². The number of benzene rings is 1. The Morgan fingerprint density at radius 3 is 2.95 bits per heavy atom. The van der Waals surface area contributed by atoms with Crippen LogP contribution in [0.5, 0.6) is 0 Å². The third kappa shape index (κ3) is 4.47. The summed E-state index contributed by atoms with van der Waals surface area (Å²) in [6.45, 7) is 1.09. The van der Waals surface area contributed by atoms with E-state index in [0.717, 1.165) is 9.37 Å². The Hall–Kier alpha value is -0.530. The molecule has 0 saturated heterocycles. The highest BCUT2D eigenvalue weighted by Crippen LogP contribution is 2.32. The molecule has 0 aliphatic rings. The summed E-state index contributed by atoms with van der Waals surface area (Å²) in [5, 5.41) is 15.1. The molecular formula is C14H16BrClN2O2S. The minimum absolute atomic E-state index is 0.478. The number of nitrogens with zero attached hydrogens (tertiary/aromatic N) is 2. The van der Waals surface area contributed by atoms with Crippen LogP contribution in [-0.4, -0.2) is 34.4 Å². The van der Waals surface area contributed by atoms with Crippen LogP contribution in [-0.2, 0) is 11.3 Å². The van der Waals surface area contributed by atoms with Crippen LogP contribution >= 0.6 is 39.3 Å². The Morgan fingerprint density at radius 1 is 1.48 bits per heavy atom. The minimum Gasteiger partial charge on any atom is -0.386 e. The normalized spacial score (nSPS) is 12.6. The lowest BCUT2D eigenvalue weighted by Crippen LogP contribution is -2.14. The maximum absolute atomic E-state index is 10.4. The fourth-order valence-corrected chi connectivity index (χ4v) is 3.64. The Labute approximate surface area is 141 Å². The molecule has 0 radical (unpaired) electrons. The number of hydrogen-bond donors (Lipinski definition) is 1. The van der Waals surface area contributed by atoms with Crippen molar-refractivity contribution >= 4 is 39.3 Å². The van der Waals surface area contributed by atoms with Gasteiger partial charge < -0.3 is 9.84 Å². The maximum Gasteiger partial charge on any atom is 0.106 e. The van der Waals surface area contributed by atoms with Gasteiger partial charge in [0.1, 0.15) is 6.10 Å². The zero-order valence-electron chi connectivity index (χ0n) is 11.5. The molecule has 2 rings (SSSR count). The lowest BCUT2D eigenvalue weighted by molar-refractivity contribution is 0.166. The molecule has 0 fully saturated rings. The van der Waals surface area contributed by atoms with Crippen molar-refractivity contribution in [1.29, 1.82) is 0 Å². The van der Waals surface area contributed by atoms with Gasteiger partial charge in [0.2, 0.25) is 0 Å². The van der Waals surface area contributed by atoms with Crippen LogP contribution < -0.4 is 0 Å². The van der Waals surface area contributed by atoms with E-state index in [1.807, 2.05) is 24.3 Å². The monoisotopic (exact) mass is 390 g/mol. The van der Waals surface area contributed by atoms with Gasteiger partial charge in [0, 0.05) is 22.2 Å². The van der Waals surface area contributed by atoms with E-state index >= 15 is 0 Å². The van der Waals surface area contributed by atoms with Gasteiger partial charge in [0.15, 0.2) is 0 Å². The first-order valence-electron chi connectivity index (χ1n) is 6.39. The number of aromatic nitrogens is 2. The number of methoxy groups -OCH3 is 1. The van der Waals surface area contributed by atoms with Crippen molar-refractivity contribution in [2.45, 2.75) is 17.5 Å². The van der Waals surface area contributed by atoms with E-state index in [4.69, 9.17) is 16.3 Å². The summed E-state index contributed by atoms with van der Waals surface area (Å²) in [6, 6.07) is 7.91. The van der Waals surface area contributed by atoms with Crippen LogP contribution in [0.25, 0.3) is 0 Å². The Kier molecular flexibility index (Phi) is 6.57. The first-order valence-corrected chi connectivity index (χ1v) is 8.54. The summed E-state index contributed by atoms with van der Waals surface area (Å²) >= 11 is 11.2. The fourth-order valence-electron chi connectivity index (χ4n) is 1.87. The Balaban J connectivity index is 2.05. The standard InChI is InChI=1S/C14H16BrClN2O2S/c1-20-7-6-18-14(11(16)8-17-18)12(19)9-21-13-5-3-2-4-10(13)15/h2-5,8,12,19H,6-7,9H2,1H3. The van der Waals surface area contributed by atoms with E-state index in [9.17, 15) is 5.11 Å². The molecule has 1 atom stereocenters. The van der Waals surface area contributed by atoms with Crippen LogP contribution in [0.4, 0.5) is 0 Å². The average molecular weight is 392 g/mol. The molecule has 0 spiro atoms. The van der Waals surface area contributed by atoms with Crippen molar-refractivity contribution in [2.75, 3.05) is 19.5 Å². The molecule has 114 valence electrons. The molecule has 2 aromatic rings. The van der Waals surface area contributed by atoms with Gasteiger partial charge in [-0.1, -0.05) is 23.7 Å². The third-order valence-corrected chi connectivity index (χ3v) is 5.28. The number of halogens is 2. The number of thioether (sulfide) groups is 1. The zero-order chi connectivity index (χ0) is 15.2. The molecule has 0 aliphatic heterocycles. The second-order valence-corrected chi connectivity index (χ2v) is 6.67. The van der Waals surface area contributed by atoms with Crippen LogP contribution in [0.2, 0.25) is 5.02 Å². The molecule has 7 heteroatoms. The van der Waals surface area contributed by atoms with Crippen LogP contribution in [0.15, 0.2) is 39.8 Å². The van der Waals surface area contributed by atoms with Crippen molar-refractivity contribution in [2.24, 2.45) is 0 Å². The lowest BCUT2D eigenvalue weighted by Gasteiger charge is -2.14. The number of ether oxygens (including phenoxy) is 1. The molecule has 1 heterocycles. The largest absolute Gasteiger partial charge is 0.386 e. The van der Waals surface area contributed by atoms with Crippen molar-refractivity contribution in [3.8, 4) is 0 Å². The molecule has 0 aliphatic carbocycles. The summed E-state index contributed by atoms with van der Waals surface area (Å²) in [4.78, 5) is 1.08. The van der Waals surface area contributed by atoms with E-state index in [2.05, 4.69) is 21.0 Å². The number of rotatable bonds is 7. The highest BCUT2D eigenvalue weighted by molar-refractivity contribution is 9.10. The highest BCUT2D eigenvalue weighted by Gasteiger charge is 2.18. The summed E-state index contributed by atoms with van der Waals surface area (Å²) in [7, 11) is 1.63. The maximum atomic E-state index is 10.4. The summed E-state index contributed by atoms with van der Waals surface area (Å²) in [6.07, 6.45) is 0.868. The molecule has 4 nitrogen and oxygen atoms in total. The summed E-state index contributed by atoms with van der Waals surface area (Å²) in [5.41, 5.74) is 0.633. The molecule has 21 heavy (non-hydrogen) atoms. The summed E-state index contributed by atoms with van der Waals surface area (Å²) in [5.74, 6) is 0.501. The minimum atomic E-state index is -0.686.